The molecule has 1 aliphatic heterocycles. The highest BCUT2D eigenvalue weighted by Gasteiger charge is 2.71. The topological polar surface area (TPSA) is 194 Å². The maximum absolute atomic E-state index is 12.6. The summed E-state index contributed by atoms with van der Waals surface area (Å²) in [7, 11) is 0. The molecule has 1 heterocycles. The maximum Gasteiger partial charge on any atom is 0.331 e. The smallest absolute Gasteiger partial charge is 0.331 e. The molecule has 0 bridgehead atoms. The quantitative estimate of drug-likeness (QED) is 0.210. The summed E-state index contributed by atoms with van der Waals surface area (Å²) in [5.74, 6) is -4.39. The number of carboxylic acid groups (broad SMARTS) is 2. The normalized spacial score (nSPS) is 39.9. The molecule has 0 amide bonds. The van der Waals surface area contributed by atoms with Crippen molar-refractivity contribution in [2.45, 2.75) is 108 Å². The van der Waals surface area contributed by atoms with E-state index in [1.165, 1.54) is 0 Å². The zero-order chi connectivity index (χ0) is 31.2. The molecule has 0 unspecified atom stereocenters. The molecule has 0 aromatic carbocycles. The summed E-state index contributed by atoms with van der Waals surface area (Å²) in [6, 6.07) is 0. The second-order valence-electron chi connectivity index (χ2n) is 13.5. The summed E-state index contributed by atoms with van der Waals surface area (Å²) < 4.78 is 16.5. The van der Waals surface area contributed by atoms with Crippen LogP contribution in [-0.4, -0.2) is 80.8 Å². The Kier molecular flexibility index (Phi) is 8.41. The van der Waals surface area contributed by atoms with Crippen molar-refractivity contribution >= 4 is 29.8 Å². The molecule has 4 N–H and O–H groups in total. The lowest BCUT2D eigenvalue weighted by Gasteiger charge is -2.66. The molecule has 0 spiro atoms. The Labute approximate surface area is 249 Å². The Morgan fingerprint density at radius 1 is 0.884 bits per heavy atom. The van der Waals surface area contributed by atoms with Gasteiger partial charge in [-0.25, -0.2) is 4.79 Å². The van der Waals surface area contributed by atoms with Gasteiger partial charge >= 0.3 is 29.8 Å². The zero-order valence-electron chi connectivity index (χ0n) is 24.5. The highest BCUT2D eigenvalue weighted by atomic mass is 16.5. The van der Waals surface area contributed by atoms with Gasteiger partial charge in [-0.05, 0) is 74.7 Å². The third kappa shape index (κ3) is 5.45. The van der Waals surface area contributed by atoms with Crippen LogP contribution in [0.15, 0.2) is 11.6 Å². The Morgan fingerprint density at radius 2 is 1.56 bits per heavy atom. The molecule has 0 aromatic rings. The van der Waals surface area contributed by atoms with E-state index < -0.39 is 52.0 Å². The number of carbonyl (C=O) groups excluding carboxylic acids is 3. The summed E-state index contributed by atoms with van der Waals surface area (Å²) in [5.41, 5.74) is -3.05. The molecular weight excluding hydrogens is 564 g/mol. The van der Waals surface area contributed by atoms with Gasteiger partial charge in [-0.3, -0.25) is 19.2 Å². The Hall–Kier alpha value is -2.99. The minimum absolute atomic E-state index is 0.0172. The monoisotopic (exact) mass is 606 g/mol. The SMILES string of the molecule is C[C@]12CC[C@H]3[C@@H](CC[C@@]4(O)C[C@@H](OC(=O)CCC(=O)O)CC[C@]34COC(=O)CCC(=O)O)[C@]1(O)CC[C@@H]2C1=CC(=O)OC1. The minimum Gasteiger partial charge on any atom is -0.481 e. The van der Waals surface area contributed by atoms with Gasteiger partial charge in [0.25, 0.3) is 0 Å². The number of carbonyl (C=O) groups is 5. The van der Waals surface area contributed by atoms with Gasteiger partial charge in [-0.15, -0.1) is 0 Å². The molecule has 4 aliphatic carbocycles. The van der Waals surface area contributed by atoms with Crippen molar-refractivity contribution in [2.75, 3.05) is 13.2 Å². The van der Waals surface area contributed by atoms with Crippen LogP contribution in [-0.2, 0) is 38.2 Å². The number of hydrogen-bond acceptors (Lipinski definition) is 10. The molecule has 238 valence electrons. The van der Waals surface area contributed by atoms with Crippen LogP contribution in [0.5, 0.6) is 0 Å². The molecule has 12 heteroatoms. The lowest BCUT2D eigenvalue weighted by Crippen LogP contribution is -2.69. The third-order valence-corrected chi connectivity index (χ3v) is 11.6. The van der Waals surface area contributed by atoms with Crippen LogP contribution < -0.4 is 0 Å². The average molecular weight is 607 g/mol. The van der Waals surface area contributed by atoms with Gasteiger partial charge < -0.3 is 34.6 Å². The Morgan fingerprint density at radius 3 is 2.21 bits per heavy atom. The van der Waals surface area contributed by atoms with E-state index in [0.29, 0.717) is 44.9 Å². The van der Waals surface area contributed by atoms with E-state index in [-0.39, 0.29) is 75.5 Å². The van der Waals surface area contributed by atoms with Crippen LogP contribution in [0.25, 0.3) is 0 Å². The van der Waals surface area contributed by atoms with E-state index in [2.05, 4.69) is 6.92 Å². The van der Waals surface area contributed by atoms with Crippen LogP contribution in [0.2, 0.25) is 0 Å². The standard InChI is InChI=1S/C31H42O12/c1-28-10-7-21-22(31(28,40)13-9-20(28)18-14-27(38)41-16-18)8-12-30(39)15-19(43-26(37)5-3-24(34)35)6-11-29(21,30)17-42-25(36)4-2-23(32)33/h14,19-22,39-40H,2-13,15-17H2,1H3,(H,32,33)(H,34,35)/t19-,20+,21-,22+,28+,29-,30+,31+/m0/s1. The van der Waals surface area contributed by atoms with Gasteiger partial charge in [0.1, 0.15) is 12.7 Å². The number of rotatable bonds is 10. The molecule has 8 atom stereocenters. The molecule has 12 nitrogen and oxygen atoms in total. The summed E-state index contributed by atoms with van der Waals surface area (Å²) in [6.45, 7) is 2.16. The molecule has 4 saturated carbocycles. The Balaban J connectivity index is 1.41. The molecule has 0 aromatic heterocycles. The fraction of sp³-hybridized carbons (Fsp3) is 0.774. The van der Waals surface area contributed by atoms with Gasteiger partial charge in [-0.1, -0.05) is 6.92 Å². The van der Waals surface area contributed by atoms with Crippen LogP contribution >= 0.6 is 0 Å². The fourth-order valence-corrected chi connectivity index (χ4v) is 9.51. The van der Waals surface area contributed by atoms with Crippen LogP contribution in [0, 0.1) is 28.6 Å². The second-order valence-corrected chi connectivity index (χ2v) is 13.5. The number of aliphatic carboxylic acids is 2. The number of esters is 3. The van der Waals surface area contributed by atoms with Gasteiger partial charge in [0.2, 0.25) is 0 Å². The summed E-state index contributed by atoms with van der Waals surface area (Å²) in [4.78, 5) is 58.7. The predicted molar refractivity (Wildman–Crippen MR) is 146 cm³/mol. The highest BCUT2D eigenvalue weighted by Crippen LogP contribution is 2.70. The predicted octanol–water partition coefficient (Wildman–Crippen LogP) is 2.52. The van der Waals surface area contributed by atoms with Gasteiger partial charge in [0.05, 0.1) is 43.5 Å². The Bertz CT molecular complexity index is 1210. The molecule has 5 aliphatic rings. The van der Waals surface area contributed by atoms with Crippen LogP contribution in [0.1, 0.15) is 90.4 Å². The first-order valence-corrected chi connectivity index (χ1v) is 15.3. The first kappa shape index (κ1) is 31.4. The van der Waals surface area contributed by atoms with E-state index in [0.717, 1.165) is 5.57 Å². The average Bonchev–Trinajstić information content (AvgIpc) is 3.49. The van der Waals surface area contributed by atoms with Crippen molar-refractivity contribution in [1.29, 1.82) is 0 Å². The highest BCUT2D eigenvalue weighted by molar-refractivity contribution is 5.85. The van der Waals surface area contributed by atoms with Gasteiger partial charge in [0.15, 0.2) is 0 Å². The number of aliphatic hydroxyl groups is 2. The van der Waals surface area contributed by atoms with Gasteiger partial charge in [0, 0.05) is 23.3 Å². The largest absolute Gasteiger partial charge is 0.481 e. The summed E-state index contributed by atoms with van der Waals surface area (Å²) in [5, 5.41) is 42.8. The summed E-state index contributed by atoms with van der Waals surface area (Å²) in [6.07, 6.45) is 3.66. The van der Waals surface area contributed by atoms with E-state index >= 15 is 0 Å². The maximum atomic E-state index is 12.6. The van der Waals surface area contributed by atoms with E-state index in [4.69, 9.17) is 24.4 Å². The van der Waals surface area contributed by atoms with Crippen molar-refractivity contribution in [3.63, 3.8) is 0 Å². The van der Waals surface area contributed by atoms with Crippen molar-refractivity contribution in [3.8, 4) is 0 Å². The minimum atomic E-state index is -1.40. The van der Waals surface area contributed by atoms with E-state index in [1.807, 2.05) is 0 Å². The number of ether oxygens (including phenoxy) is 3. The lowest BCUT2D eigenvalue weighted by atomic mass is 9.41. The van der Waals surface area contributed by atoms with Gasteiger partial charge in [-0.2, -0.15) is 0 Å². The molecular formula is C31H42O12. The van der Waals surface area contributed by atoms with E-state index in [9.17, 15) is 34.2 Å². The third-order valence-electron chi connectivity index (χ3n) is 11.6. The number of fused-ring (bicyclic) bond motifs is 5. The number of cyclic esters (lactones) is 1. The van der Waals surface area contributed by atoms with Crippen molar-refractivity contribution in [3.05, 3.63) is 11.6 Å². The number of hydrogen-bond donors (Lipinski definition) is 4. The van der Waals surface area contributed by atoms with Crippen LogP contribution in [0.4, 0.5) is 0 Å². The van der Waals surface area contributed by atoms with Crippen molar-refractivity contribution < 1.29 is 58.6 Å². The molecule has 0 saturated heterocycles. The van der Waals surface area contributed by atoms with Crippen molar-refractivity contribution in [2.24, 2.45) is 28.6 Å². The number of carboxylic acids is 2. The molecule has 5 rings (SSSR count). The second kappa shape index (κ2) is 11.5. The first-order chi connectivity index (χ1) is 20.2. The zero-order valence-corrected chi connectivity index (χ0v) is 24.5. The van der Waals surface area contributed by atoms with Crippen LogP contribution in [0.3, 0.4) is 0 Å². The summed E-state index contributed by atoms with van der Waals surface area (Å²) >= 11 is 0. The van der Waals surface area contributed by atoms with Crippen molar-refractivity contribution in [1.82, 2.24) is 0 Å². The molecule has 4 fully saturated rings. The lowest BCUT2D eigenvalue weighted by molar-refractivity contribution is -0.272. The molecule has 43 heavy (non-hydrogen) atoms. The molecule has 0 radical (unpaired) electrons. The first-order valence-electron chi connectivity index (χ1n) is 15.3. The van der Waals surface area contributed by atoms with E-state index in [1.54, 1.807) is 6.08 Å². The fourth-order valence-electron chi connectivity index (χ4n) is 9.51.